The summed E-state index contributed by atoms with van der Waals surface area (Å²) < 4.78 is 28.5. The SMILES string of the molecule is COCCONS(=O)(=O)c1ccc(CC(C)C)cc1. The normalized spacial score (nSPS) is 12.0. The van der Waals surface area contributed by atoms with Gasteiger partial charge in [-0.3, -0.25) is 4.84 Å². The lowest BCUT2D eigenvalue weighted by Crippen LogP contribution is -2.25. The fourth-order valence-electron chi connectivity index (χ4n) is 1.57. The van der Waals surface area contributed by atoms with E-state index in [1.54, 1.807) is 12.1 Å². The van der Waals surface area contributed by atoms with E-state index in [1.807, 2.05) is 12.1 Å². The van der Waals surface area contributed by atoms with Crippen LogP contribution in [0.25, 0.3) is 0 Å². The lowest BCUT2D eigenvalue weighted by atomic mass is 10.0. The van der Waals surface area contributed by atoms with Crippen molar-refractivity contribution in [3.8, 4) is 0 Å². The van der Waals surface area contributed by atoms with Crippen LogP contribution in [0.2, 0.25) is 0 Å². The molecule has 0 radical (unpaired) electrons. The number of hydrogen-bond acceptors (Lipinski definition) is 4. The molecule has 1 aromatic carbocycles. The number of rotatable bonds is 8. The first-order valence-electron chi connectivity index (χ1n) is 6.17. The van der Waals surface area contributed by atoms with E-state index in [2.05, 4.69) is 18.7 Å². The smallest absolute Gasteiger partial charge is 0.262 e. The first-order valence-corrected chi connectivity index (χ1v) is 7.65. The fraction of sp³-hybridized carbons (Fsp3) is 0.538. The van der Waals surface area contributed by atoms with Crippen molar-refractivity contribution >= 4 is 10.0 Å². The van der Waals surface area contributed by atoms with Gasteiger partial charge in [0.05, 0.1) is 18.1 Å². The Morgan fingerprint density at radius 3 is 2.32 bits per heavy atom. The molecule has 0 fully saturated rings. The van der Waals surface area contributed by atoms with Gasteiger partial charge in [0.25, 0.3) is 10.0 Å². The highest BCUT2D eigenvalue weighted by atomic mass is 32.2. The lowest BCUT2D eigenvalue weighted by Gasteiger charge is -2.08. The molecule has 5 nitrogen and oxygen atoms in total. The molecule has 1 rings (SSSR count). The summed E-state index contributed by atoms with van der Waals surface area (Å²) in [7, 11) is -2.09. The van der Waals surface area contributed by atoms with E-state index in [0.717, 1.165) is 12.0 Å². The van der Waals surface area contributed by atoms with E-state index < -0.39 is 10.0 Å². The Bertz CT molecular complexity index is 468. The van der Waals surface area contributed by atoms with Crippen molar-refractivity contribution in [1.82, 2.24) is 4.89 Å². The first-order chi connectivity index (χ1) is 8.95. The first kappa shape index (κ1) is 16.1. The van der Waals surface area contributed by atoms with Crippen LogP contribution in [0.3, 0.4) is 0 Å². The van der Waals surface area contributed by atoms with Crippen molar-refractivity contribution in [3.63, 3.8) is 0 Å². The van der Waals surface area contributed by atoms with Gasteiger partial charge in [-0.25, -0.2) is 8.42 Å². The molecule has 0 atom stereocenters. The zero-order valence-corrected chi connectivity index (χ0v) is 12.4. The Morgan fingerprint density at radius 2 is 1.79 bits per heavy atom. The number of ether oxygens (including phenoxy) is 1. The standard InChI is InChI=1S/C13H21NO4S/c1-11(2)10-12-4-6-13(7-5-12)19(15,16)14-18-9-8-17-3/h4-7,11,14H,8-10H2,1-3H3. The Labute approximate surface area is 114 Å². The molecule has 0 bridgehead atoms. The van der Waals surface area contributed by atoms with E-state index in [-0.39, 0.29) is 11.5 Å². The molecule has 0 aliphatic heterocycles. The molecule has 0 saturated carbocycles. The highest BCUT2D eigenvalue weighted by Gasteiger charge is 2.13. The lowest BCUT2D eigenvalue weighted by molar-refractivity contribution is 0.0438. The van der Waals surface area contributed by atoms with E-state index in [4.69, 9.17) is 9.57 Å². The van der Waals surface area contributed by atoms with Gasteiger partial charge in [0.1, 0.15) is 0 Å². The van der Waals surface area contributed by atoms with Crippen LogP contribution < -0.4 is 4.89 Å². The van der Waals surface area contributed by atoms with Crippen molar-refractivity contribution in [2.45, 2.75) is 25.2 Å². The van der Waals surface area contributed by atoms with Gasteiger partial charge in [0, 0.05) is 7.11 Å². The molecule has 0 spiro atoms. The summed E-state index contributed by atoms with van der Waals surface area (Å²) in [4.78, 5) is 7.08. The third-order valence-electron chi connectivity index (χ3n) is 2.44. The largest absolute Gasteiger partial charge is 0.382 e. The molecule has 19 heavy (non-hydrogen) atoms. The second-order valence-electron chi connectivity index (χ2n) is 4.67. The Morgan fingerprint density at radius 1 is 1.16 bits per heavy atom. The molecule has 108 valence electrons. The van der Waals surface area contributed by atoms with Gasteiger partial charge in [-0.05, 0) is 30.0 Å². The number of methoxy groups -OCH3 is 1. The van der Waals surface area contributed by atoms with Crippen molar-refractivity contribution in [2.75, 3.05) is 20.3 Å². The summed E-state index contributed by atoms with van der Waals surface area (Å²) in [5.41, 5.74) is 1.12. The van der Waals surface area contributed by atoms with Crippen LogP contribution in [-0.2, 0) is 26.0 Å². The van der Waals surface area contributed by atoms with E-state index >= 15 is 0 Å². The second kappa shape index (κ2) is 7.59. The average molecular weight is 287 g/mol. The minimum Gasteiger partial charge on any atom is -0.382 e. The molecule has 6 heteroatoms. The second-order valence-corrected chi connectivity index (χ2v) is 6.31. The molecular weight excluding hydrogens is 266 g/mol. The van der Waals surface area contributed by atoms with Crippen molar-refractivity contribution in [3.05, 3.63) is 29.8 Å². The highest BCUT2D eigenvalue weighted by Crippen LogP contribution is 2.13. The van der Waals surface area contributed by atoms with Crippen LogP contribution in [0, 0.1) is 5.92 Å². The summed E-state index contributed by atoms with van der Waals surface area (Å²) in [5, 5.41) is 0. The van der Waals surface area contributed by atoms with E-state index in [0.29, 0.717) is 12.5 Å². The topological polar surface area (TPSA) is 64.6 Å². The van der Waals surface area contributed by atoms with Crippen LogP contribution >= 0.6 is 0 Å². The van der Waals surface area contributed by atoms with Crippen LogP contribution in [0.1, 0.15) is 19.4 Å². The molecule has 0 aliphatic rings. The summed E-state index contributed by atoms with van der Waals surface area (Å²) in [6, 6.07) is 6.81. The molecule has 0 unspecified atom stereocenters. The number of nitrogens with one attached hydrogen (secondary N) is 1. The molecule has 0 amide bonds. The molecule has 0 heterocycles. The Hall–Kier alpha value is -0.950. The zero-order chi connectivity index (χ0) is 14.3. The Kier molecular flexibility index (Phi) is 6.44. The van der Waals surface area contributed by atoms with Gasteiger partial charge >= 0.3 is 0 Å². The summed E-state index contributed by atoms with van der Waals surface area (Å²) in [6.45, 7) is 4.74. The monoisotopic (exact) mass is 287 g/mol. The predicted molar refractivity (Wildman–Crippen MR) is 73.1 cm³/mol. The quantitative estimate of drug-likeness (QED) is 0.584. The van der Waals surface area contributed by atoms with Gasteiger partial charge in [-0.15, -0.1) is 0 Å². The molecular formula is C13H21NO4S. The molecule has 0 saturated heterocycles. The fourth-order valence-corrected chi connectivity index (χ4v) is 2.40. The number of hydrogen-bond donors (Lipinski definition) is 1. The van der Waals surface area contributed by atoms with E-state index in [9.17, 15) is 8.42 Å². The van der Waals surface area contributed by atoms with Crippen molar-refractivity contribution in [2.24, 2.45) is 5.92 Å². The third kappa shape index (κ3) is 5.69. The van der Waals surface area contributed by atoms with E-state index in [1.165, 1.54) is 7.11 Å². The maximum absolute atomic E-state index is 11.9. The maximum Gasteiger partial charge on any atom is 0.262 e. The predicted octanol–water partition coefficient (Wildman–Crippen LogP) is 1.74. The van der Waals surface area contributed by atoms with Gasteiger partial charge < -0.3 is 4.74 Å². The molecule has 0 aliphatic carbocycles. The Balaban J connectivity index is 2.63. The van der Waals surface area contributed by atoms with Crippen LogP contribution in [0.4, 0.5) is 0 Å². The number of benzene rings is 1. The zero-order valence-electron chi connectivity index (χ0n) is 11.5. The van der Waals surface area contributed by atoms with Gasteiger partial charge in [-0.2, -0.15) is 0 Å². The minimum atomic E-state index is -3.61. The molecule has 1 aromatic rings. The molecule has 1 N–H and O–H groups in total. The molecule has 0 aromatic heterocycles. The summed E-state index contributed by atoms with van der Waals surface area (Å²) in [5.74, 6) is 0.540. The maximum atomic E-state index is 11.9. The number of sulfonamides is 1. The van der Waals surface area contributed by atoms with Crippen LogP contribution in [-0.4, -0.2) is 28.7 Å². The third-order valence-corrected chi connectivity index (χ3v) is 3.67. The summed E-state index contributed by atoms with van der Waals surface area (Å²) >= 11 is 0. The van der Waals surface area contributed by atoms with Crippen molar-refractivity contribution < 1.29 is 18.0 Å². The van der Waals surface area contributed by atoms with Crippen molar-refractivity contribution in [1.29, 1.82) is 0 Å². The summed E-state index contributed by atoms with van der Waals surface area (Å²) in [6.07, 6.45) is 0.929. The van der Waals surface area contributed by atoms with Gasteiger partial charge in [0.15, 0.2) is 0 Å². The highest BCUT2D eigenvalue weighted by molar-refractivity contribution is 7.89. The average Bonchev–Trinajstić information content (AvgIpc) is 2.35. The van der Waals surface area contributed by atoms with Crippen LogP contribution in [0.15, 0.2) is 29.2 Å². The van der Waals surface area contributed by atoms with Gasteiger partial charge in [0.2, 0.25) is 0 Å². The van der Waals surface area contributed by atoms with Gasteiger partial charge in [-0.1, -0.05) is 30.9 Å². The van der Waals surface area contributed by atoms with Crippen LogP contribution in [0.5, 0.6) is 0 Å². The minimum absolute atomic E-state index is 0.168.